The first kappa shape index (κ1) is 27.6. The highest BCUT2D eigenvalue weighted by molar-refractivity contribution is 6.31. The topological polar surface area (TPSA) is 166 Å². The van der Waals surface area contributed by atoms with E-state index in [0.29, 0.717) is 17.0 Å². The Balaban J connectivity index is 1.44. The molecule has 0 aliphatic carbocycles. The lowest BCUT2D eigenvalue weighted by Crippen LogP contribution is -2.36. The molecule has 4 amide bonds. The highest BCUT2D eigenvalue weighted by atomic mass is 35.5. The Kier molecular flexibility index (Phi) is 8.13. The van der Waals surface area contributed by atoms with Gasteiger partial charge in [0.2, 0.25) is 0 Å². The molecule has 0 spiro atoms. The molecule has 39 heavy (non-hydrogen) atoms. The molecule has 1 atom stereocenters. The number of aliphatic hydroxyl groups excluding tert-OH is 2. The van der Waals surface area contributed by atoms with Gasteiger partial charge in [-0.1, -0.05) is 11.6 Å². The molecule has 6 N–H and O–H groups in total. The van der Waals surface area contributed by atoms with Crippen molar-refractivity contribution in [1.29, 1.82) is 0 Å². The number of rotatable bonds is 7. The molecule has 0 saturated heterocycles. The molecule has 0 radical (unpaired) electrons. The maximum absolute atomic E-state index is 13.0. The van der Waals surface area contributed by atoms with Gasteiger partial charge in [-0.05, 0) is 42.5 Å². The molecule has 2 aromatic heterocycles. The smallest absolute Gasteiger partial charge is 0.394 e. The highest BCUT2D eigenvalue weighted by Gasteiger charge is 2.33. The minimum Gasteiger partial charge on any atom is -0.394 e. The summed E-state index contributed by atoms with van der Waals surface area (Å²) in [5, 5.41) is 27.4. The van der Waals surface area contributed by atoms with Crippen LogP contribution < -0.4 is 21.3 Å². The highest BCUT2D eigenvalue weighted by Crippen LogP contribution is 2.36. The second kappa shape index (κ2) is 11.5. The van der Waals surface area contributed by atoms with E-state index < -0.39 is 41.5 Å². The number of carbonyl (C=O) groups excluding carboxylic acids is 2. The quantitative estimate of drug-likeness (QED) is 0.199. The molecular formula is C23H20ClF3N8O4. The Labute approximate surface area is 222 Å². The number of amides is 4. The summed E-state index contributed by atoms with van der Waals surface area (Å²) >= 11 is 5.60. The summed E-state index contributed by atoms with van der Waals surface area (Å²) in [6.45, 7) is -0.676. The predicted molar refractivity (Wildman–Crippen MR) is 136 cm³/mol. The van der Waals surface area contributed by atoms with Gasteiger partial charge in [-0.3, -0.25) is 9.88 Å². The lowest BCUT2D eigenvalue weighted by molar-refractivity contribution is -0.137. The molecule has 0 fully saturated rings. The van der Waals surface area contributed by atoms with Gasteiger partial charge in [0.1, 0.15) is 12.7 Å². The summed E-state index contributed by atoms with van der Waals surface area (Å²) in [5.41, 5.74) is 0.422. The van der Waals surface area contributed by atoms with E-state index in [1.165, 1.54) is 18.7 Å². The zero-order chi connectivity index (χ0) is 28.2. The third-order valence-electron chi connectivity index (χ3n) is 5.21. The van der Waals surface area contributed by atoms with E-state index in [9.17, 15) is 27.9 Å². The summed E-state index contributed by atoms with van der Waals surface area (Å²) < 4.78 is 40.7. The van der Waals surface area contributed by atoms with Crippen LogP contribution >= 0.6 is 11.6 Å². The van der Waals surface area contributed by atoms with Crippen molar-refractivity contribution in [3.05, 3.63) is 65.7 Å². The van der Waals surface area contributed by atoms with E-state index in [0.717, 1.165) is 12.1 Å². The van der Waals surface area contributed by atoms with Crippen LogP contribution in [0.15, 0.2) is 55.1 Å². The molecule has 4 rings (SSSR count). The molecule has 0 bridgehead atoms. The number of imidazole rings is 1. The number of urea groups is 2. The zero-order valence-electron chi connectivity index (χ0n) is 19.7. The number of benzene rings is 2. The van der Waals surface area contributed by atoms with Crippen molar-refractivity contribution >= 4 is 52.0 Å². The first-order valence-electron chi connectivity index (χ1n) is 11.1. The SMILES string of the molecule is O=C(Nc1ccc(-n2cnc3c(NC(=O)NCC(O)CO)ncnc32)cc1)Nc1ccc(Cl)c(C(F)(F)F)c1. The summed E-state index contributed by atoms with van der Waals surface area (Å²) in [4.78, 5) is 36.8. The lowest BCUT2D eigenvalue weighted by Gasteiger charge is -2.12. The third kappa shape index (κ3) is 6.70. The minimum absolute atomic E-state index is 0.0897. The number of carbonyl (C=O) groups is 2. The number of anilines is 3. The second-order valence-corrected chi connectivity index (χ2v) is 8.41. The fourth-order valence-electron chi connectivity index (χ4n) is 3.36. The van der Waals surface area contributed by atoms with Crippen LogP contribution in [0.4, 0.5) is 40.0 Å². The summed E-state index contributed by atoms with van der Waals surface area (Å²) in [6, 6.07) is 7.99. The van der Waals surface area contributed by atoms with Gasteiger partial charge in [0.25, 0.3) is 0 Å². The fourth-order valence-corrected chi connectivity index (χ4v) is 3.59. The van der Waals surface area contributed by atoms with Crippen molar-refractivity contribution < 1.29 is 33.0 Å². The number of hydrogen-bond acceptors (Lipinski definition) is 7. The average Bonchev–Trinajstić information content (AvgIpc) is 3.33. The molecule has 16 heteroatoms. The van der Waals surface area contributed by atoms with E-state index in [2.05, 4.69) is 36.2 Å². The summed E-state index contributed by atoms with van der Waals surface area (Å²) in [5.74, 6) is 0.112. The fraction of sp³-hybridized carbons (Fsp3) is 0.174. The molecule has 0 aliphatic heterocycles. The van der Waals surface area contributed by atoms with Crippen LogP contribution in [-0.4, -0.2) is 61.0 Å². The molecule has 0 saturated carbocycles. The summed E-state index contributed by atoms with van der Waals surface area (Å²) in [6.07, 6.45) is -3.11. The van der Waals surface area contributed by atoms with Crippen LogP contribution in [0.5, 0.6) is 0 Å². The van der Waals surface area contributed by atoms with Crippen molar-refractivity contribution in [1.82, 2.24) is 24.8 Å². The van der Waals surface area contributed by atoms with Crippen LogP contribution in [0.25, 0.3) is 16.9 Å². The predicted octanol–water partition coefficient (Wildman–Crippen LogP) is 3.61. The van der Waals surface area contributed by atoms with E-state index in [1.54, 1.807) is 28.8 Å². The molecule has 12 nitrogen and oxygen atoms in total. The Morgan fingerprint density at radius 1 is 0.974 bits per heavy atom. The largest absolute Gasteiger partial charge is 0.417 e. The van der Waals surface area contributed by atoms with Gasteiger partial charge >= 0.3 is 18.2 Å². The number of nitrogens with one attached hydrogen (secondary N) is 4. The number of fused-ring (bicyclic) bond motifs is 1. The zero-order valence-corrected chi connectivity index (χ0v) is 20.5. The standard InChI is InChI=1S/C23H20ClF3N8O4/c24-17-6-3-13(7-16(17)23(25,26)27)33-22(39)32-12-1-4-14(5-2-12)35-11-31-18-19(29-10-30-20(18)35)34-21(38)28-8-15(37)9-36/h1-7,10-11,15,36-37H,8-9H2,(H2,32,33,39)(H2,28,29,30,34,38). The van der Waals surface area contributed by atoms with Crippen LogP contribution in [-0.2, 0) is 6.18 Å². The normalized spacial score (nSPS) is 12.2. The molecule has 2 aromatic carbocycles. The first-order valence-corrected chi connectivity index (χ1v) is 11.5. The number of alkyl halides is 3. The van der Waals surface area contributed by atoms with Crippen LogP contribution in [0.3, 0.4) is 0 Å². The Hall–Kier alpha value is -4.47. The van der Waals surface area contributed by atoms with Crippen molar-refractivity contribution in [3.8, 4) is 5.69 Å². The molecule has 204 valence electrons. The second-order valence-electron chi connectivity index (χ2n) is 8.00. The maximum atomic E-state index is 13.0. The number of nitrogens with zero attached hydrogens (tertiary/aromatic N) is 4. The van der Waals surface area contributed by atoms with Gasteiger partial charge in [0.05, 0.1) is 23.3 Å². The first-order chi connectivity index (χ1) is 18.5. The van der Waals surface area contributed by atoms with Gasteiger partial charge in [-0.25, -0.2) is 24.5 Å². The minimum atomic E-state index is -4.67. The van der Waals surface area contributed by atoms with Gasteiger partial charge in [-0.2, -0.15) is 13.2 Å². The molecular weight excluding hydrogens is 545 g/mol. The number of aromatic nitrogens is 4. The van der Waals surface area contributed by atoms with Crippen molar-refractivity contribution in [3.63, 3.8) is 0 Å². The van der Waals surface area contributed by atoms with Crippen LogP contribution in [0, 0.1) is 0 Å². The molecule has 1 unspecified atom stereocenters. The van der Waals surface area contributed by atoms with E-state index >= 15 is 0 Å². The van der Waals surface area contributed by atoms with Crippen molar-refractivity contribution in [2.45, 2.75) is 12.3 Å². The van der Waals surface area contributed by atoms with Crippen LogP contribution in [0.1, 0.15) is 5.56 Å². The lowest BCUT2D eigenvalue weighted by atomic mass is 10.2. The molecule has 2 heterocycles. The van der Waals surface area contributed by atoms with E-state index in [4.69, 9.17) is 16.7 Å². The average molecular weight is 565 g/mol. The van der Waals surface area contributed by atoms with E-state index in [-0.39, 0.29) is 23.6 Å². The number of halogens is 4. The van der Waals surface area contributed by atoms with E-state index in [1.807, 2.05) is 0 Å². The van der Waals surface area contributed by atoms with Gasteiger partial charge in [0, 0.05) is 23.6 Å². The Morgan fingerprint density at radius 3 is 2.36 bits per heavy atom. The van der Waals surface area contributed by atoms with Gasteiger partial charge in [0.15, 0.2) is 17.0 Å². The summed E-state index contributed by atoms with van der Waals surface area (Å²) in [7, 11) is 0. The maximum Gasteiger partial charge on any atom is 0.417 e. The molecule has 4 aromatic rings. The number of hydrogen-bond donors (Lipinski definition) is 6. The Bertz CT molecular complexity index is 1500. The van der Waals surface area contributed by atoms with Crippen molar-refractivity contribution in [2.24, 2.45) is 0 Å². The van der Waals surface area contributed by atoms with Gasteiger partial charge in [-0.15, -0.1) is 0 Å². The Morgan fingerprint density at radius 2 is 1.67 bits per heavy atom. The number of aliphatic hydroxyl groups is 2. The van der Waals surface area contributed by atoms with Crippen molar-refractivity contribution in [2.75, 3.05) is 29.1 Å². The monoisotopic (exact) mass is 564 g/mol. The molecule has 0 aliphatic rings. The van der Waals surface area contributed by atoms with Crippen LogP contribution in [0.2, 0.25) is 5.02 Å². The third-order valence-corrected chi connectivity index (χ3v) is 5.54. The van der Waals surface area contributed by atoms with Gasteiger partial charge < -0.3 is 26.2 Å².